The minimum atomic E-state index is -0.934. The van der Waals surface area contributed by atoms with Crippen molar-refractivity contribution in [3.05, 3.63) is 22.7 Å². The fraction of sp³-hybridized carbons (Fsp3) is 0.615. The number of nitrogens with one attached hydrogen (secondary N) is 1. The lowest BCUT2D eigenvalue weighted by Gasteiger charge is -2.21. The van der Waals surface area contributed by atoms with E-state index in [1.165, 1.54) is 6.20 Å². The van der Waals surface area contributed by atoms with Gasteiger partial charge in [-0.15, -0.1) is 0 Å². The molecule has 5 nitrogen and oxygen atoms in total. The molecule has 1 heterocycles. The molecule has 19 heavy (non-hydrogen) atoms. The smallest absolute Gasteiger partial charge is 0.271 e. The molecule has 0 radical (unpaired) electrons. The maximum Gasteiger partial charge on any atom is 0.271 e. The summed E-state index contributed by atoms with van der Waals surface area (Å²) in [6, 6.07) is 0. The third kappa shape index (κ3) is 4.44. The highest BCUT2D eigenvalue weighted by molar-refractivity contribution is 6.33. The number of aliphatic hydroxyl groups is 1. The van der Waals surface area contributed by atoms with Gasteiger partial charge in [-0.3, -0.25) is 4.79 Å². The van der Waals surface area contributed by atoms with Crippen molar-refractivity contribution in [2.45, 2.75) is 45.6 Å². The van der Waals surface area contributed by atoms with Gasteiger partial charge in [0.1, 0.15) is 11.5 Å². The van der Waals surface area contributed by atoms with Gasteiger partial charge >= 0.3 is 0 Å². The molecule has 0 bridgehead atoms. The van der Waals surface area contributed by atoms with Crippen LogP contribution in [0.5, 0.6) is 0 Å². The van der Waals surface area contributed by atoms with Crippen molar-refractivity contribution in [3.8, 4) is 0 Å². The Labute approximate surface area is 118 Å². The zero-order valence-electron chi connectivity index (χ0n) is 11.7. The van der Waals surface area contributed by atoms with Crippen molar-refractivity contribution in [1.29, 1.82) is 0 Å². The predicted molar refractivity (Wildman–Crippen MR) is 74.4 cm³/mol. The Morgan fingerprint density at radius 3 is 2.74 bits per heavy atom. The van der Waals surface area contributed by atoms with Gasteiger partial charge in [-0.05, 0) is 13.3 Å². The third-order valence-corrected chi connectivity index (χ3v) is 3.16. The molecule has 0 aromatic carbocycles. The van der Waals surface area contributed by atoms with Crippen molar-refractivity contribution in [3.63, 3.8) is 0 Å². The lowest BCUT2D eigenvalue weighted by Crippen LogP contribution is -2.40. The van der Waals surface area contributed by atoms with E-state index in [0.29, 0.717) is 12.2 Å². The van der Waals surface area contributed by atoms with E-state index in [0.717, 1.165) is 0 Å². The first-order chi connectivity index (χ1) is 8.76. The van der Waals surface area contributed by atoms with Gasteiger partial charge in [-0.1, -0.05) is 32.4 Å². The van der Waals surface area contributed by atoms with Gasteiger partial charge in [0.25, 0.3) is 5.91 Å². The molecule has 1 aromatic rings. The number of hydrogen-bond donors (Lipinski definition) is 2. The van der Waals surface area contributed by atoms with Gasteiger partial charge in [0.2, 0.25) is 0 Å². The van der Waals surface area contributed by atoms with E-state index < -0.39 is 11.5 Å². The Hall–Kier alpha value is -1.20. The minimum Gasteiger partial charge on any atom is -0.388 e. The molecule has 1 unspecified atom stereocenters. The number of amides is 1. The standard InChI is InChI=1S/C13H20ClN3O2/c1-5-13(4,19)7-16-12(18)10-9(14)6-15-11(17-10)8(2)3/h6,8,19H,5,7H2,1-4H3,(H,16,18). The lowest BCUT2D eigenvalue weighted by atomic mass is 10.0. The van der Waals surface area contributed by atoms with Gasteiger partial charge in [0, 0.05) is 12.5 Å². The molecule has 0 saturated heterocycles. The van der Waals surface area contributed by atoms with Crippen LogP contribution in [-0.2, 0) is 0 Å². The summed E-state index contributed by atoms with van der Waals surface area (Å²) >= 11 is 5.93. The number of aromatic nitrogens is 2. The molecule has 0 fully saturated rings. The van der Waals surface area contributed by atoms with Crippen LogP contribution in [0.4, 0.5) is 0 Å². The summed E-state index contributed by atoms with van der Waals surface area (Å²) in [4.78, 5) is 20.2. The molecule has 0 aliphatic carbocycles. The number of carbonyl (C=O) groups is 1. The quantitative estimate of drug-likeness (QED) is 0.869. The molecule has 6 heteroatoms. The summed E-state index contributed by atoms with van der Waals surface area (Å²) in [5.41, 5.74) is -0.789. The van der Waals surface area contributed by atoms with E-state index in [1.54, 1.807) is 6.92 Å². The van der Waals surface area contributed by atoms with E-state index in [4.69, 9.17) is 11.6 Å². The van der Waals surface area contributed by atoms with Crippen molar-refractivity contribution in [1.82, 2.24) is 15.3 Å². The molecule has 1 aromatic heterocycles. The Balaban J connectivity index is 2.85. The third-order valence-electron chi connectivity index (χ3n) is 2.89. The predicted octanol–water partition coefficient (Wildman–Crippen LogP) is 2.14. The van der Waals surface area contributed by atoms with Crippen LogP contribution < -0.4 is 5.32 Å². The Morgan fingerprint density at radius 1 is 1.58 bits per heavy atom. The molecule has 2 N–H and O–H groups in total. The van der Waals surface area contributed by atoms with Crippen LogP contribution >= 0.6 is 11.6 Å². The van der Waals surface area contributed by atoms with Crippen LogP contribution in [0, 0.1) is 0 Å². The van der Waals surface area contributed by atoms with Crippen LogP contribution in [0.25, 0.3) is 0 Å². The number of rotatable bonds is 5. The number of halogens is 1. The van der Waals surface area contributed by atoms with Crippen LogP contribution in [-0.4, -0.2) is 33.1 Å². The van der Waals surface area contributed by atoms with Gasteiger partial charge in [0.05, 0.1) is 16.8 Å². The summed E-state index contributed by atoms with van der Waals surface area (Å²) in [5, 5.41) is 12.7. The highest BCUT2D eigenvalue weighted by atomic mass is 35.5. The van der Waals surface area contributed by atoms with Crippen molar-refractivity contribution >= 4 is 17.5 Å². The Kier molecular flexibility index (Phi) is 5.26. The zero-order valence-corrected chi connectivity index (χ0v) is 12.5. The maximum absolute atomic E-state index is 12.0. The van der Waals surface area contributed by atoms with Crippen LogP contribution in [0.1, 0.15) is 56.3 Å². The van der Waals surface area contributed by atoms with Crippen LogP contribution in [0.15, 0.2) is 6.20 Å². The molecule has 1 amide bonds. The fourth-order valence-corrected chi connectivity index (χ4v) is 1.47. The molecule has 1 atom stereocenters. The topological polar surface area (TPSA) is 75.1 Å². The summed E-state index contributed by atoms with van der Waals surface area (Å²) in [6.07, 6.45) is 1.97. The van der Waals surface area contributed by atoms with Gasteiger partial charge in [-0.25, -0.2) is 9.97 Å². The number of hydrogen-bond acceptors (Lipinski definition) is 4. The largest absolute Gasteiger partial charge is 0.388 e. The van der Waals surface area contributed by atoms with E-state index in [-0.39, 0.29) is 23.2 Å². The fourth-order valence-electron chi connectivity index (χ4n) is 1.30. The minimum absolute atomic E-state index is 0.113. The second-order valence-corrected chi connectivity index (χ2v) is 5.52. The molecule has 0 aliphatic rings. The lowest BCUT2D eigenvalue weighted by molar-refractivity contribution is 0.0517. The normalized spacial score (nSPS) is 14.3. The number of carbonyl (C=O) groups excluding carboxylic acids is 1. The molecule has 106 valence electrons. The number of nitrogens with zero attached hydrogens (tertiary/aromatic N) is 2. The SMILES string of the molecule is CCC(C)(O)CNC(=O)c1nc(C(C)C)ncc1Cl. The zero-order chi connectivity index (χ0) is 14.6. The van der Waals surface area contributed by atoms with Crippen molar-refractivity contribution in [2.24, 2.45) is 0 Å². The summed E-state index contributed by atoms with van der Waals surface area (Å²) in [5.74, 6) is 0.280. The van der Waals surface area contributed by atoms with Crippen LogP contribution in [0.2, 0.25) is 5.02 Å². The summed E-state index contributed by atoms with van der Waals surface area (Å²) in [6.45, 7) is 7.54. The van der Waals surface area contributed by atoms with Crippen molar-refractivity contribution in [2.75, 3.05) is 6.54 Å². The van der Waals surface area contributed by atoms with E-state index in [1.807, 2.05) is 20.8 Å². The summed E-state index contributed by atoms with van der Waals surface area (Å²) in [7, 11) is 0. The van der Waals surface area contributed by atoms with Gasteiger partial charge in [0.15, 0.2) is 0 Å². The van der Waals surface area contributed by atoms with Crippen molar-refractivity contribution < 1.29 is 9.90 Å². The maximum atomic E-state index is 12.0. The molecule has 0 spiro atoms. The highest BCUT2D eigenvalue weighted by Gasteiger charge is 2.21. The Morgan fingerprint density at radius 2 is 2.21 bits per heavy atom. The molecule has 1 rings (SSSR count). The molecule has 0 saturated carbocycles. The first-order valence-electron chi connectivity index (χ1n) is 6.30. The summed E-state index contributed by atoms with van der Waals surface area (Å²) < 4.78 is 0. The first kappa shape index (κ1) is 15.9. The highest BCUT2D eigenvalue weighted by Crippen LogP contribution is 2.16. The molecule has 0 aliphatic heterocycles. The van der Waals surface area contributed by atoms with Gasteiger partial charge in [-0.2, -0.15) is 0 Å². The molecular weight excluding hydrogens is 266 g/mol. The Bertz CT molecular complexity index is 461. The average Bonchev–Trinajstić information content (AvgIpc) is 2.36. The van der Waals surface area contributed by atoms with E-state index >= 15 is 0 Å². The molecular formula is C13H20ClN3O2. The second-order valence-electron chi connectivity index (χ2n) is 5.11. The van der Waals surface area contributed by atoms with Crippen LogP contribution in [0.3, 0.4) is 0 Å². The average molecular weight is 286 g/mol. The second kappa shape index (κ2) is 6.30. The van der Waals surface area contributed by atoms with E-state index in [2.05, 4.69) is 15.3 Å². The van der Waals surface area contributed by atoms with E-state index in [9.17, 15) is 9.90 Å². The monoisotopic (exact) mass is 285 g/mol. The van der Waals surface area contributed by atoms with Gasteiger partial charge < -0.3 is 10.4 Å². The first-order valence-corrected chi connectivity index (χ1v) is 6.67.